The highest BCUT2D eigenvalue weighted by molar-refractivity contribution is 6.00. The van der Waals surface area contributed by atoms with Gasteiger partial charge in [-0.05, 0) is 13.8 Å². The Labute approximate surface area is 83.8 Å². The van der Waals surface area contributed by atoms with Crippen LogP contribution in [0.15, 0.2) is 9.98 Å². The van der Waals surface area contributed by atoms with Crippen LogP contribution in [-0.2, 0) is 4.74 Å². The fraction of sp³-hybridized carbons (Fsp3) is 0.750. The average Bonchev–Trinajstić information content (AvgIpc) is 2.18. The Morgan fingerprint density at radius 1 is 1.14 bits per heavy atom. The Morgan fingerprint density at radius 3 is 2.00 bits per heavy atom. The minimum atomic E-state index is -0.271. The van der Waals surface area contributed by atoms with Crippen LogP contribution >= 0.6 is 0 Å². The van der Waals surface area contributed by atoms with E-state index < -0.39 is 0 Å². The van der Waals surface area contributed by atoms with Crippen molar-refractivity contribution in [2.45, 2.75) is 20.2 Å². The first-order valence-electron chi connectivity index (χ1n) is 4.72. The fourth-order valence-electron chi connectivity index (χ4n) is 1.07. The molecule has 0 unspecified atom stereocenters. The van der Waals surface area contributed by atoms with E-state index in [-0.39, 0.29) is 6.35 Å². The van der Waals surface area contributed by atoms with Crippen molar-refractivity contribution in [3.63, 3.8) is 0 Å². The maximum atomic E-state index is 5.12. The maximum absolute atomic E-state index is 5.12. The van der Waals surface area contributed by atoms with Gasteiger partial charge in [-0.2, -0.15) is 0 Å². The molecule has 1 aliphatic heterocycles. The minimum Gasteiger partial charge on any atom is -0.344 e. The number of rotatable bonds is 3. The summed E-state index contributed by atoms with van der Waals surface area (Å²) in [5, 5.41) is 9.05. The molecule has 0 aromatic heterocycles. The van der Waals surface area contributed by atoms with Crippen LogP contribution in [0.25, 0.3) is 0 Å². The Bertz CT molecular complexity index is 216. The van der Waals surface area contributed by atoms with Gasteiger partial charge in [-0.15, -0.1) is 0 Å². The van der Waals surface area contributed by atoms with Gasteiger partial charge >= 0.3 is 0 Å². The Morgan fingerprint density at radius 2 is 1.64 bits per heavy atom. The number of hydrogen-bond donors (Lipinski definition) is 3. The van der Waals surface area contributed by atoms with E-state index in [4.69, 9.17) is 4.74 Å². The fourth-order valence-corrected chi connectivity index (χ4v) is 1.07. The van der Waals surface area contributed by atoms with Gasteiger partial charge in [0.25, 0.3) is 0 Å². The molecule has 0 aromatic carbocycles. The van der Waals surface area contributed by atoms with Gasteiger partial charge in [0.1, 0.15) is 0 Å². The second kappa shape index (κ2) is 5.43. The van der Waals surface area contributed by atoms with Gasteiger partial charge < -0.3 is 15.4 Å². The first-order valence-corrected chi connectivity index (χ1v) is 4.72. The van der Waals surface area contributed by atoms with Gasteiger partial charge in [0.2, 0.25) is 18.3 Å². The van der Waals surface area contributed by atoms with Gasteiger partial charge in [0, 0.05) is 20.2 Å². The molecule has 1 aliphatic rings. The summed E-state index contributed by atoms with van der Waals surface area (Å²) in [5.41, 5.74) is 0. The van der Waals surface area contributed by atoms with Crippen LogP contribution < -0.4 is 16.0 Å². The van der Waals surface area contributed by atoms with Crippen LogP contribution in [0.2, 0.25) is 0 Å². The molecule has 1 rings (SSSR count). The van der Waals surface area contributed by atoms with Crippen molar-refractivity contribution in [2.24, 2.45) is 9.98 Å². The normalized spacial score (nSPS) is 26.9. The summed E-state index contributed by atoms with van der Waals surface area (Å²) in [7, 11) is 1.61. The van der Waals surface area contributed by atoms with Crippen molar-refractivity contribution in [2.75, 3.05) is 20.2 Å². The van der Waals surface area contributed by atoms with E-state index in [0.29, 0.717) is 25.0 Å². The number of ether oxygens (including phenoxy) is 1. The molecule has 0 saturated carbocycles. The third-order valence-corrected chi connectivity index (χ3v) is 1.64. The summed E-state index contributed by atoms with van der Waals surface area (Å²) in [6.45, 7) is 5.37. The molecule has 0 aliphatic carbocycles. The largest absolute Gasteiger partial charge is 0.344 e. The average molecular weight is 199 g/mol. The second-order valence-corrected chi connectivity index (χ2v) is 2.68. The van der Waals surface area contributed by atoms with Crippen molar-refractivity contribution < 1.29 is 4.74 Å². The molecule has 1 fully saturated rings. The first-order chi connectivity index (χ1) is 6.80. The van der Waals surface area contributed by atoms with Gasteiger partial charge in [-0.25, -0.2) is 0 Å². The molecular weight excluding hydrogens is 182 g/mol. The number of hydrogen-bond acceptors (Lipinski definition) is 3. The van der Waals surface area contributed by atoms with E-state index in [1.165, 1.54) is 0 Å². The number of nitrogens with one attached hydrogen (secondary N) is 3. The van der Waals surface area contributed by atoms with Crippen LogP contribution in [0.5, 0.6) is 0 Å². The van der Waals surface area contributed by atoms with Gasteiger partial charge in [-0.1, -0.05) is 0 Å². The summed E-state index contributed by atoms with van der Waals surface area (Å²) in [6, 6.07) is 0. The lowest BCUT2D eigenvalue weighted by atomic mass is 10.6. The Balaban J connectivity index is 2.66. The van der Waals surface area contributed by atoms with Crippen LogP contribution in [0, 0.1) is 0 Å². The Hall–Kier alpha value is -1.30. The van der Waals surface area contributed by atoms with Gasteiger partial charge in [0.05, 0.1) is 0 Å². The smallest absolute Gasteiger partial charge is 0.209 e. The number of nitrogens with zero attached hydrogens (tertiary/aromatic N) is 2. The predicted octanol–water partition coefficient (Wildman–Crippen LogP) is -0.549. The highest BCUT2D eigenvalue weighted by atomic mass is 16.5. The van der Waals surface area contributed by atoms with E-state index in [0.717, 1.165) is 0 Å². The molecule has 3 N–H and O–H groups in total. The monoisotopic (exact) mass is 199 g/mol. The molecular formula is C8H17N5O. The minimum absolute atomic E-state index is 0.271. The highest BCUT2D eigenvalue weighted by Gasteiger charge is 2.18. The van der Waals surface area contributed by atoms with Crippen LogP contribution in [0.1, 0.15) is 13.8 Å². The summed E-state index contributed by atoms with van der Waals surface area (Å²) in [6.07, 6.45) is -0.271. The molecule has 6 nitrogen and oxygen atoms in total. The lowest BCUT2D eigenvalue weighted by Gasteiger charge is -2.28. The van der Waals surface area contributed by atoms with E-state index in [9.17, 15) is 0 Å². The van der Waals surface area contributed by atoms with Gasteiger partial charge in [0.15, 0.2) is 0 Å². The molecule has 1 saturated heterocycles. The molecule has 0 radical (unpaired) electrons. The molecule has 0 atom stereocenters. The summed E-state index contributed by atoms with van der Waals surface area (Å²) < 4.78 is 5.12. The molecule has 1 heterocycles. The van der Waals surface area contributed by atoms with Crippen LogP contribution in [0.3, 0.4) is 0 Å². The summed E-state index contributed by atoms with van der Waals surface area (Å²) in [4.78, 5) is 8.42. The standard InChI is InChI=1S/C8H17N5O/c1-4-9-6-11-7(10-5-2)13-8(12-6)14-3/h8H,4-5H2,1-3H3,(H3,9,10,11,12,13). The van der Waals surface area contributed by atoms with Crippen molar-refractivity contribution in [3.05, 3.63) is 0 Å². The molecule has 14 heavy (non-hydrogen) atoms. The molecule has 0 bridgehead atoms. The van der Waals surface area contributed by atoms with Gasteiger partial charge in [-0.3, -0.25) is 15.3 Å². The molecule has 6 heteroatoms. The third-order valence-electron chi connectivity index (χ3n) is 1.64. The lowest BCUT2D eigenvalue weighted by molar-refractivity contribution is 0.0740. The zero-order valence-corrected chi connectivity index (χ0v) is 8.79. The maximum Gasteiger partial charge on any atom is 0.209 e. The van der Waals surface area contributed by atoms with E-state index in [2.05, 4.69) is 25.9 Å². The summed E-state index contributed by atoms with van der Waals surface area (Å²) in [5.74, 6) is 1.37. The number of aliphatic imine (C=N–C) groups is 2. The molecule has 0 amide bonds. The number of methoxy groups -OCH3 is 1. The topological polar surface area (TPSA) is 70.0 Å². The van der Waals surface area contributed by atoms with E-state index >= 15 is 0 Å². The zero-order valence-electron chi connectivity index (χ0n) is 8.79. The van der Waals surface area contributed by atoms with Crippen LogP contribution in [0.4, 0.5) is 0 Å². The molecule has 0 spiro atoms. The van der Waals surface area contributed by atoms with Crippen LogP contribution in [-0.4, -0.2) is 38.5 Å². The zero-order chi connectivity index (χ0) is 10.4. The quantitative estimate of drug-likeness (QED) is 0.570. The lowest BCUT2D eigenvalue weighted by Crippen LogP contribution is -2.63. The second-order valence-electron chi connectivity index (χ2n) is 2.68. The molecule has 0 aromatic rings. The van der Waals surface area contributed by atoms with E-state index in [1.54, 1.807) is 7.11 Å². The third kappa shape index (κ3) is 2.88. The van der Waals surface area contributed by atoms with Crippen molar-refractivity contribution in [1.82, 2.24) is 16.0 Å². The predicted molar refractivity (Wildman–Crippen MR) is 56.2 cm³/mol. The van der Waals surface area contributed by atoms with Crippen molar-refractivity contribution in [1.29, 1.82) is 0 Å². The SMILES string of the molecule is CCN=C1NC(=NCC)NC(OC)N1. The highest BCUT2D eigenvalue weighted by Crippen LogP contribution is 1.88. The first kappa shape index (κ1) is 10.8. The summed E-state index contributed by atoms with van der Waals surface area (Å²) >= 11 is 0. The van der Waals surface area contributed by atoms with Crippen molar-refractivity contribution in [3.8, 4) is 0 Å². The van der Waals surface area contributed by atoms with E-state index in [1.807, 2.05) is 13.8 Å². The molecule has 80 valence electrons. The Kier molecular flexibility index (Phi) is 4.18. The van der Waals surface area contributed by atoms with Crippen molar-refractivity contribution >= 4 is 11.9 Å². The number of guanidine groups is 2.